The third-order valence-corrected chi connectivity index (χ3v) is 8.97. The maximum atomic E-state index is 12.5. The molecule has 0 heterocycles. The van der Waals surface area contributed by atoms with Gasteiger partial charge in [-0.15, -0.1) is 0 Å². The molecule has 0 saturated carbocycles. The molecule has 0 N–H and O–H groups in total. The van der Waals surface area contributed by atoms with Gasteiger partial charge in [0.15, 0.2) is 14.7 Å². The maximum absolute atomic E-state index is 12.5. The van der Waals surface area contributed by atoms with Crippen LogP contribution in [0.25, 0.3) is 11.1 Å². The van der Waals surface area contributed by atoms with E-state index >= 15 is 0 Å². The molecule has 218 valence electrons. The van der Waals surface area contributed by atoms with Crippen molar-refractivity contribution in [2.24, 2.45) is 0 Å². The van der Waals surface area contributed by atoms with E-state index in [1.807, 2.05) is 48.5 Å². The normalized spacial score (nSPS) is 13.0. The summed E-state index contributed by atoms with van der Waals surface area (Å²) >= 11 is 7.86. The Labute approximate surface area is 251 Å². The van der Waals surface area contributed by atoms with Crippen LogP contribution in [0.2, 0.25) is 5.02 Å². The molecular weight excluding hydrogens is 633 g/mol. The Bertz CT molecular complexity index is 1600. The minimum absolute atomic E-state index is 0.00706. The van der Waals surface area contributed by atoms with Gasteiger partial charge in [-0.1, -0.05) is 84.4 Å². The summed E-state index contributed by atoms with van der Waals surface area (Å²) in [5, 5.41) is 0.640. The molecule has 0 fully saturated rings. The summed E-state index contributed by atoms with van der Waals surface area (Å²) in [6.07, 6.45) is 0. The van der Waals surface area contributed by atoms with Crippen molar-refractivity contribution in [1.82, 2.24) is 0 Å². The van der Waals surface area contributed by atoms with Gasteiger partial charge in [0.05, 0.1) is 10.9 Å². The maximum Gasteiger partial charge on any atom is 0.224 e. The molecule has 0 radical (unpaired) electrons. The Morgan fingerprint density at radius 1 is 0.595 bits per heavy atom. The Hall–Kier alpha value is -3.23. The molecular formula is C31H22ClF6OPS2. The fourth-order valence-electron chi connectivity index (χ4n) is 3.83. The summed E-state index contributed by atoms with van der Waals surface area (Å²) in [5.41, 5.74) is 2.68. The molecule has 0 aliphatic heterocycles. The number of benzene rings is 5. The van der Waals surface area contributed by atoms with Gasteiger partial charge in [0.2, 0.25) is 5.12 Å². The Morgan fingerprint density at radius 3 is 1.48 bits per heavy atom. The minimum Gasteiger partial charge on any atom is -0.281 e. The molecule has 0 bridgehead atoms. The molecule has 0 atom stereocenters. The Balaban J connectivity index is 0.000000517. The minimum atomic E-state index is -10.7. The molecule has 0 unspecified atom stereocenters. The summed E-state index contributed by atoms with van der Waals surface area (Å²) in [6.45, 7) is 0. The summed E-state index contributed by atoms with van der Waals surface area (Å²) < 4.78 is 59.2. The SMILES string of the molecule is F[P-](F)(F)(F)(F)F.O=C(Sc1ccc(-c2ccc([S+](c3ccccc3)c3ccccc3)cc2)c(Cl)c1)c1ccccc1. The second kappa shape index (κ2) is 12.2. The van der Waals surface area contributed by atoms with E-state index in [-0.39, 0.29) is 16.0 Å². The van der Waals surface area contributed by atoms with Crippen LogP contribution in [0.15, 0.2) is 153 Å². The van der Waals surface area contributed by atoms with Gasteiger partial charge in [-0.2, -0.15) is 0 Å². The predicted molar refractivity (Wildman–Crippen MR) is 162 cm³/mol. The number of halogens is 7. The summed E-state index contributed by atoms with van der Waals surface area (Å²) in [6, 6.07) is 45.0. The number of thioether (sulfide) groups is 1. The average molecular weight is 655 g/mol. The van der Waals surface area contributed by atoms with Gasteiger partial charge in [0.25, 0.3) is 0 Å². The van der Waals surface area contributed by atoms with Crippen molar-refractivity contribution in [3.05, 3.63) is 144 Å². The van der Waals surface area contributed by atoms with Gasteiger partial charge in [0.1, 0.15) is 0 Å². The number of carbonyl (C=O) groups excluding carboxylic acids is 1. The van der Waals surface area contributed by atoms with Crippen molar-refractivity contribution in [3.8, 4) is 11.1 Å². The van der Waals surface area contributed by atoms with Gasteiger partial charge >= 0.3 is 33.0 Å². The molecule has 1 nitrogen and oxygen atoms in total. The Kier molecular flexibility index (Phi) is 9.19. The number of hydrogen-bond donors (Lipinski definition) is 0. The summed E-state index contributed by atoms with van der Waals surface area (Å²) in [7, 11) is -10.8. The van der Waals surface area contributed by atoms with Crippen molar-refractivity contribution in [3.63, 3.8) is 0 Å². The Morgan fingerprint density at radius 2 is 1.02 bits per heavy atom. The first-order chi connectivity index (χ1) is 19.6. The van der Waals surface area contributed by atoms with Crippen LogP contribution >= 0.6 is 31.2 Å². The van der Waals surface area contributed by atoms with Crippen LogP contribution in [0, 0.1) is 0 Å². The molecule has 0 aromatic heterocycles. The summed E-state index contributed by atoms with van der Waals surface area (Å²) in [4.78, 5) is 17.2. The van der Waals surface area contributed by atoms with Crippen LogP contribution in [-0.2, 0) is 10.9 Å². The second-order valence-corrected chi connectivity index (χ2v) is 14.2. The van der Waals surface area contributed by atoms with Gasteiger partial charge < -0.3 is 0 Å². The quantitative estimate of drug-likeness (QED) is 0.0784. The molecule has 5 aromatic rings. The first-order valence-corrected chi connectivity index (χ1v) is 16.7. The number of rotatable bonds is 6. The van der Waals surface area contributed by atoms with E-state index in [0.717, 1.165) is 16.0 Å². The smallest absolute Gasteiger partial charge is 0.224 e. The van der Waals surface area contributed by atoms with Crippen LogP contribution in [-0.4, -0.2) is 5.12 Å². The van der Waals surface area contributed by atoms with Gasteiger partial charge in [-0.25, -0.2) is 0 Å². The molecule has 0 saturated heterocycles. The van der Waals surface area contributed by atoms with E-state index in [1.165, 1.54) is 26.4 Å². The molecule has 0 spiro atoms. The standard InChI is InChI=1S/C31H22ClOS2.F6P/c32-30-22-25(34-31(33)24-10-4-1-5-11-24)18-21-29(30)23-16-19-28(20-17-23)35(26-12-6-2-7-13-26)27-14-8-3-9-15-27;1-7(2,3,4,5)6/h1-22H;/q+1;-1. The van der Waals surface area contributed by atoms with Crippen molar-refractivity contribution in [1.29, 1.82) is 0 Å². The third-order valence-electron chi connectivity index (χ3n) is 5.52. The largest absolute Gasteiger partial charge is 0.281 e. The van der Waals surface area contributed by atoms with Crippen molar-refractivity contribution >= 4 is 47.2 Å². The topological polar surface area (TPSA) is 17.1 Å². The number of carbonyl (C=O) groups is 1. The van der Waals surface area contributed by atoms with Crippen molar-refractivity contribution < 1.29 is 30.0 Å². The van der Waals surface area contributed by atoms with Gasteiger partial charge in [-0.05, 0) is 78.0 Å². The molecule has 5 aromatic carbocycles. The molecule has 0 aliphatic carbocycles. The fraction of sp³-hybridized carbons (Fsp3) is 0. The van der Waals surface area contributed by atoms with Crippen LogP contribution in [0.5, 0.6) is 0 Å². The second-order valence-electron chi connectivity index (χ2n) is 8.81. The van der Waals surface area contributed by atoms with Crippen molar-refractivity contribution in [2.45, 2.75) is 19.6 Å². The average Bonchev–Trinajstić information content (AvgIpc) is 2.94. The molecule has 5 rings (SSSR count). The van der Waals surface area contributed by atoms with Crippen LogP contribution in [0.3, 0.4) is 0 Å². The van der Waals surface area contributed by atoms with Crippen LogP contribution < -0.4 is 0 Å². The summed E-state index contributed by atoms with van der Waals surface area (Å²) in [5.74, 6) is 0. The van der Waals surface area contributed by atoms with Crippen LogP contribution in [0.4, 0.5) is 25.2 Å². The third kappa shape index (κ3) is 10.2. The van der Waals surface area contributed by atoms with E-state index < -0.39 is 7.81 Å². The molecule has 0 amide bonds. The number of hydrogen-bond acceptors (Lipinski definition) is 2. The van der Waals surface area contributed by atoms with E-state index in [0.29, 0.717) is 10.6 Å². The first-order valence-electron chi connectivity index (χ1n) is 12.2. The molecule has 0 aliphatic rings. The van der Waals surface area contributed by atoms with Crippen LogP contribution in [0.1, 0.15) is 10.4 Å². The monoisotopic (exact) mass is 654 g/mol. The zero-order valence-electron chi connectivity index (χ0n) is 21.5. The molecule has 11 heteroatoms. The van der Waals surface area contributed by atoms with E-state index in [4.69, 9.17) is 11.6 Å². The first kappa shape index (κ1) is 31.7. The predicted octanol–water partition coefficient (Wildman–Crippen LogP) is 12.4. The zero-order chi connectivity index (χ0) is 30.4. The van der Waals surface area contributed by atoms with Gasteiger partial charge in [-0.3, -0.25) is 4.79 Å². The van der Waals surface area contributed by atoms with E-state index in [2.05, 4.69) is 84.9 Å². The van der Waals surface area contributed by atoms with Crippen molar-refractivity contribution in [2.75, 3.05) is 0 Å². The van der Waals surface area contributed by atoms with E-state index in [9.17, 15) is 30.0 Å². The molecule has 42 heavy (non-hydrogen) atoms. The van der Waals surface area contributed by atoms with E-state index in [1.54, 1.807) is 0 Å². The van der Waals surface area contributed by atoms with Gasteiger partial charge in [0, 0.05) is 21.0 Å². The fourth-order valence-corrected chi connectivity index (χ4v) is 7.04. The zero-order valence-corrected chi connectivity index (χ0v) is 24.8.